The van der Waals surface area contributed by atoms with E-state index in [1.807, 2.05) is 5.38 Å². The average Bonchev–Trinajstić information content (AvgIpc) is 2.59. The molecule has 2 nitrogen and oxygen atoms in total. The summed E-state index contributed by atoms with van der Waals surface area (Å²) in [5.41, 5.74) is 0.954. The Kier molecular flexibility index (Phi) is 3.42. The van der Waals surface area contributed by atoms with Crippen molar-refractivity contribution < 1.29 is 4.74 Å². The maximum atomic E-state index is 5.83. The molecule has 0 saturated heterocycles. The zero-order valence-corrected chi connectivity index (χ0v) is 9.77. The Morgan fingerprint density at radius 1 is 1.71 bits per heavy atom. The molecule has 0 spiro atoms. The normalized spacial score (nSPS) is 19.3. The number of hydrogen-bond donors (Lipinski definition) is 0. The van der Waals surface area contributed by atoms with E-state index in [9.17, 15) is 0 Å². The number of rotatable bonds is 4. The van der Waals surface area contributed by atoms with E-state index in [4.69, 9.17) is 16.3 Å². The fraction of sp³-hybridized carbons (Fsp3) is 0.700. The molecule has 1 aromatic heterocycles. The van der Waals surface area contributed by atoms with Crippen molar-refractivity contribution in [2.24, 2.45) is 0 Å². The van der Waals surface area contributed by atoms with Crippen LogP contribution in [0.4, 0.5) is 0 Å². The molecule has 0 amide bonds. The van der Waals surface area contributed by atoms with Gasteiger partial charge in [-0.05, 0) is 26.2 Å². The Morgan fingerprint density at radius 3 is 3.00 bits per heavy atom. The largest absolute Gasteiger partial charge is 0.368 e. The predicted molar refractivity (Wildman–Crippen MR) is 58.8 cm³/mol. The summed E-state index contributed by atoms with van der Waals surface area (Å²) in [7, 11) is 0. The van der Waals surface area contributed by atoms with Gasteiger partial charge in [0, 0.05) is 5.38 Å². The van der Waals surface area contributed by atoms with E-state index < -0.39 is 0 Å². The molecule has 1 atom stereocenters. The molecule has 0 N–H and O–H groups in total. The van der Waals surface area contributed by atoms with Gasteiger partial charge in [-0.3, -0.25) is 0 Å². The average molecular weight is 232 g/mol. The summed E-state index contributed by atoms with van der Waals surface area (Å²) in [5, 5.41) is 3.05. The van der Waals surface area contributed by atoms with E-state index >= 15 is 0 Å². The molecule has 14 heavy (non-hydrogen) atoms. The predicted octanol–water partition coefficient (Wildman–Crippen LogP) is 3.51. The zero-order valence-electron chi connectivity index (χ0n) is 8.20. The van der Waals surface area contributed by atoms with Gasteiger partial charge in [-0.25, -0.2) is 4.98 Å². The second-order valence-corrected chi connectivity index (χ2v) is 4.80. The summed E-state index contributed by atoms with van der Waals surface area (Å²) in [6.07, 6.45) is 4.31. The quantitative estimate of drug-likeness (QED) is 0.740. The highest BCUT2D eigenvalue weighted by molar-refractivity contribution is 7.09. The Morgan fingerprint density at radius 2 is 2.50 bits per heavy atom. The molecule has 0 aliphatic heterocycles. The fourth-order valence-electron chi connectivity index (χ4n) is 1.42. The van der Waals surface area contributed by atoms with Crippen molar-refractivity contribution in [1.29, 1.82) is 0 Å². The van der Waals surface area contributed by atoms with Crippen LogP contribution in [0.3, 0.4) is 0 Å². The lowest BCUT2D eigenvalue weighted by molar-refractivity contribution is -0.0446. The fourth-order valence-corrected chi connectivity index (χ4v) is 2.46. The van der Waals surface area contributed by atoms with Crippen molar-refractivity contribution in [3.8, 4) is 0 Å². The molecule has 1 aliphatic rings. The van der Waals surface area contributed by atoms with Crippen molar-refractivity contribution in [1.82, 2.24) is 4.98 Å². The second-order valence-electron chi connectivity index (χ2n) is 3.64. The van der Waals surface area contributed by atoms with E-state index in [0.29, 0.717) is 12.0 Å². The number of thiazole rings is 1. The topological polar surface area (TPSA) is 22.1 Å². The molecule has 1 aromatic rings. The first-order valence-electron chi connectivity index (χ1n) is 4.95. The smallest absolute Gasteiger partial charge is 0.122 e. The minimum Gasteiger partial charge on any atom is -0.368 e. The van der Waals surface area contributed by atoms with E-state index in [1.54, 1.807) is 11.3 Å². The van der Waals surface area contributed by atoms with Crippen molar-refractivity contribution in [3.63, 3.8) is 0 Å². The summed E-state index contributed by atoms with van der Waals surface area (Å²) < 4.78 is 5.83. The van der Waals surface area contributed by atoms with Crippen LogP contribution in [0.2, 0.25) is 0 Å². The first-order chi connectivity index (χ1) is 6.79. The summed E-state index contributed by atoms with van der Waals surface area (Å²) >= 11 is 7.33. The highest BCUT2D eigenvalue weighted by Gasteiger charge is 2.22. The van der Waals surface area contributed by atoms with Gasteiger partial charge in [0.05, 0.1) is 17.7 Å². The van der Waals surface area contributed by atoms with Crippen LogP contribution in [-0.4, -0.2) is 11.1 Å². The third-order valence-electron chi connectivity index (χ3n) is 2.50. The molecule has 1 aliphatic carbocycles. The van der Waals surface area contributed by atoms with Crippen molar-refractivity contribution >= 4 is 22.9 Å². The van der Waals surface area contributed by atoms with Gasteiger partial charge < -0.3 is 4.74 Å². The van der Waals surface area contributed by atoms with Gasteiger partial charge in [0.1, 0.15) is 11.1 Å². The number of nitrogens with zero attached hydrogens (tertiary/aromatic N) is 1. The minimum absolute atomic E-state index is 0.127. The third-order valence-corrected chi connectivity index (χ3v) is 3.83. The molecule has 1 unspecified atom stereocenters. The van der Waals surface area contributed by atoms with Crippen LogP contribution >= 0.6 is 22.9 Å². The van der Waals surface area contributed by atoms with Gasteiger partial charge in [0.15, 0.2) is 0 Å². The van der Waals surface area contributed by atoms with Gasteiger partial charge in [0.25, 0.3) is 0 Å². The van der Waals surface area contributed by atoms with Crippen molar-refractivity contribution in [2.75, 3.05) is 0 Å². The van der Waals surface area contributed by atoms with E-state index in [-0.39, 0.29) is 6.10 Å². The van der Waals surface area contributed by atoms with Crippen LogP contribution in [-0.2, 0) is 10.6 Å². The molecule has 1 fully saturated rings. The lowest BCUT2D eigenvalue weighted by Crippen LogP contribution is -2.22. The summed E-state index contributed by atoms with van der Waals surface area (Å²) in [6.45, 7) is 2.06. The highest BCUT2D eigenvalue weighted by Crippen LogP contribution is 2.30. The minimum atomic E-state index is 0.127. The summed E-state index contributed by atoms with van der Waals surface area (Å²) in [5.74, 6) is 0.493. The second kappa shape index (κ2) is 4.60. The first-order valence-corrected chi connectivity index (χ1v) is 6.36. The van der Waals surface area contributed by atoms with Crippen LogP contribution in [0.15, 0.2) is 5.38 Å². The lowest BCUT2D eigenvalue weighted by atomic mass is 9.96. The Bertz CT molecular complexity index is 298. The van der Waals surface area contributed by atoms with Crippen molar-refractivity contribution in [3.05, 3.63) is 16.1 Å². The SMILES string of the molecule is CC(OC1CCC1)c1nc(CCl)cs1. The molecular formula is C10H14ClNOS. The maximum absolute atomic E-state index is 5.83. The van der Waals surface area contributed by atoms with E-state index in [2.05, 4.69) is 11.9 Å². The van der Waals surface area contributed by atoms with Crippen molar-refractivity contribution in [2.45, 2.75) is 44.3 Å². The molecule has 0 aromatic carbocycles. The Hall–Kier alpha value is -0.120. The van der Waals surface area contributed by atoms with Gasteiger partial charge in [0.2, 0.25) is 0 Å². The van der Waals surface area contributed by atoms with E-state index in [1.165, 1.54) is 19.3 Å². The third kappa shape index (κ3) is 2.27. The maximum Gasteiger partial charge on any atom is 0.122 e. The van der Waals surface area contributed by atoms with Crippen LogP contribution in [0.25, 0.3) is 0 Å². The highest BCUT2D eigenvalue weighted by atomic mass is 35.5. The molecule has 0 radical (unpaired) electrons. The van der Waals surface area contributed by atoms with Gasteiger partial charge in [-0.1, -0.05) is 0 Å². The molecule has 1 heterocycles. The van der Waals surface area contributed by atoms with E-state index in [0.717, 1.165) is 10.7 Å². The van der Waals surface area contributed by atoms with Gasteiger partial charge >= 0.3 is 0 Å². The Balaban J connectivity index is 1.92. The number of aromatic nitrogens is 1. The zero-order chi connectivity index (χ0) is 9.97. The number of halogens is 1. The summed E-state index contributed by atoms with van der Waals surface area (Å²) in [6, 6.07) is 0. The lowest BCUT2D eigenvalue weighted by Gasteiger charge is -2.28. The van der Waals surface area contributed by atoms with Crippen LogP contribution in [0, 0.1) is 0 Å². The molecule has 78 valence electrons. The molecule has 0 bridgehead atoms. The van der Waals surface area contributed by atoms with Crippen LogP contribution in [0.1, 0.15) is 43.0 Å². The standard InChI is InChI=1S/C10H14ClNOS/c1-7(13-9-3-2-4-9)10-12-8(5-11)6-14-10/h6-7,9H,2-5H2,1H3. The van der Waals surface area contributed by atoms with Gasteiger partial charge in [-0.15, -0.1) is 22.9 Å². The van der Waals surface area contributed by atoms with Gasteiger partial charge in [-0.2, -0.15) is 0 Å². The van der Waals surface area contributed by atoms with Crippen LogP contribution < -0.4 is 0 Å². The number of ether oxygens (including phenoxy) is 1. The number of alkyl halides is 1. The molecule has 4 heteroatoms. The Labute approximate surface area is 93.3 Å². The summed E-state index contributed by atoms with van der Waals surface area (Å²) in [4.78, 5) is 4.40. The molecule has 1 saturated carbocycles. The molecule has 2 rings (SSSR count). The molecular weight excluding hydrogens is 218 g/mol. The monoisotopic (exact) mass is 231 g/mol. The first kappa shape index (κ1) is 10.4. The number of hydrogen-bond acceptors (Lipinski definition) is 3. The van der Waals surface area contributed by atoms with Crippen LogP contribution in [0.5, 0.6) is 0 Å².